The summed E-state index contributed by atoms with van der Waals surface area (Å²) < 4.78 is 8.43. The maximum atomic E-state index is 13.4. The highest BCUT2D eigenvalue weighted by Gasteiger charge is 2.33. The molecule has 0 amide bonds. The van der Waals surface area contributed by atoms with Crippen molar-refractivity contribution in [3.63, 3.8) is 0 Å². The number of esters is 1. The van der Waals surface area contributed by atoms with Crippen molar-refractivity contribution < 1.29 is 9.53 Å². The van der Waals surface area contributed by atoms with Gasteiger partial charge in [-0.1, -0.05) is 58.1 Å². The Bertz CT molecular complexity index is 1320. The average molecular weight is 501 g/mol. The molecule has 30 heavy (non-hydrogen) atoms. The van der Waals surface area contributed by atoms with Gasteiger partial charge in [0.05, 0.1) is 15.8 Å². The molecule has 0 spiro atoms. The second-order valence-corrected chi connectivity index (χ2v) is 9.44. The number of aromatic nitrogens is 1. The van der Waals surface area contributed by atoms with Crippen LogP contribution >= 0.6 is 38.6 Å². The fourth-order valence-corrected chi connectivity index (χ4v) is 5.36. The van der Waals surface area contributed by atoms with Crippen molar-refractivity contribution in [3.05, 3.63) is 100 Å². The third-order valence-electron chi connectivity index (χ3n) is 4.55. The van der Waals surface area contributed by atoms with Gasteiger partial charge >= 0.3 is 5.97 Å². The second-order valence-electron chi connectivity index (χ2n) is 6.54. The number of halogens is 1. The summed E-state index contributed by atoms with van der Waals surface area (Å²) in [4.78, 5) is 32.2. The number of hydrogen-bond acceptors (Lipinski definition) is 6. The number of carbonyl (C=O) groups is 1. The zero-order valence-corrected chi connectivity index (χ0v) is 19.2. The monoisotopic (exact) mass is 500 g/mol. The van der Waals surface area contributed by atoms with Gasteiger partial charge < -0.3 is 4.74 Å². The first kappa shape index (κ1) is 20.7. The van der Waals surface area contributed by atoms with Crippen molar-refractivity contribution in [2.75, 3.05) is 6.61 Å². The van der Waals surface area contributed by atoms with Crippen molar-refractivity contribution in [1.82, 2.24) is 4.57 Å². The standard InChI is InChI=1S/C22H17BrN2O3S2/c1-3-10-28-21(27)18-13(2)24-22-25(19(18)16-5-4-11-29-16)20(26)17(30-22)12-14-6-8-15(23)9-7-14/h3-9,11-12,19H,1,10H2,2H3. The predicted molar refractivity (Wildman–Crippen MR) is 123 cm³/mol. The van der Waals surface area contributed by atoms with E-state index in [0.29, 0.717) is 20.6 Å². The van der Waals surface area contributed by atoms with Gasteiger partial charge in [0, 0.05) is 9.35 Å². The molecule has 0 fully saturated rings. The van der Waals surface area contributed by atoms with Crippen molar-refractivity contribution in [3.8, 4) is 0 Å². The molecule has 1 aromatic carbocycles. The van der Waals surface area contributed by atoms with Gasteiger partial charge in [-0.2, -0.15) is 0 Å². The molecule has 0 aliphatic carbocycles. The van der Waals surface area contributed by atoms with Gasteiger partial charge in [0.1, 0.15) is 12.6 Å². The molecule has 0 bridgehead atoms. The second kappa shape index (κ2) is 8.67. The van der Waals surface area contributed by atoms with Gasteiger partial charge in [0.25, 0.3) is 5.56 Å². The van der Waals surface area contributed by atoms with E-state index in [2.05, 4.69) is 27.5 Å². The summed E-state index contributed by atoms with van der Waals surface area (Å²) in [5, 5.41) is 1.93. The maximum absolute atomic E-state index is 13.4. The average Bonchev–Trinajstić information content (AvgIpc) is 3.36. The topological polar surface area (TPSA) is 60.7 Å². The Kier molecular flexibility index (Phi) is 5.99. The van der Waals surface area contributed by atoms with Crippen molar-refractivity contribution in [2.45, 2.75) is 13.0 Å². The van der Waals surface area contributed by atoms with Crippen LogP contribution in [0.4, 0.5) is 0 Å². The molecular formula is C22H17BrN2O3S2. The number of carbonyl (C=O) groups excluding carboxylic acids is 1. The van der Waals surface area contributed by atoms with E-state index in [-0.39, 0.29) is 12.2 Å². The fourth-order valence-electron chi connectivity index (χ4n) is 3.22. The van der Waals surface area contributed by atoms with E-state index in [0.717, 1.165) is 14.9 Å². The number of allylic oxidation sites excluding steroid dienone is 1. The SMILES string of the molecule is C=CCOC(=O)C1=C(C)N=c2sc(=Cc3ccc(Br)cc3)c(=O)n2C1c1cccs1. The zero-order valence-electron chi connectivity index (χ0n) is 16.0. The lowest BCUT2D eigenvalue weighted by atomic mass is 10.0. The Morgan fingerprint density at radius 2 is 2.10 bits per heavy atom. The number of fused-ring (bicyclic) bond motifs is 1. The largest absolute Gasteiger partial charge is 0.458 e. The Morgan fingerprint density at radius 1 is 1.33 bits per heavy atom. The summed E-state index contributed by atoms with van der Waals surface area (Å²) in [5.41, 5.74) is 1.67. The van der Waals surface area contributed by atoms with E-state index in [4.69, 9.17) is 4.74 Å². The van der Waals surface area contributed by atoms with Gasteiger partial charge in [-0.05, 0) is 42.1 Å². The number of rotatable bonds is 5. The molecular weight excluding hydrogens is 484 g/mol. The number of ether oxygens (including phenoxy) is 1. The minimum Gasteiger partial charge on any atom is -0.458 e. The quantitative estimate of drug-likeness (QED) is 0.395. The Balaban J connectivity index is 1.90. The van der Waals surface area contributed by atoms with E-state index < -0.39 is 12.0 Å². The van der Waals surface area contributed by atoms with Crippen LogP contribution in [0.1, 0.15) is 23.4 Å². The number of nitrogens with zero attached hydrogens (tertiary/aromatic N) is 2. The number of benzene rings is 1. The summed E-state index contributed by atoms with van der Waals surface area (Å²) in [5.74, 6) is -0.489. The summed E-state index contributed by atoms with van der Waals surface area (Å²) in [7, 11) is 0. The Hall–Kier alpha value is -2.55. The number of thiophene rings is 1. The van der Waals surface area contributed by atoms with Crippen molar-refractivity contribution in [2.24, 2.45) is 4.99 Å². The molecule has 0 N–H and O–H groups in total. The van der Waals surface area contributed by atoms with E-state index in [1.165, 1.54) is 28.7 Å². The molecule has 0 radical (unpaired) electrons. The molecule has 0 saturated carbocycles. The smallest absolute Gasteiger partial charge is 0.338 e. The van der Waals surface area contributed by atoms with Crippen LogP contribution in [-0.2, 0) is 9.53 Å². The van der Waals surface area contributed by atoms with Crippen LogP contribution in [0.25, 0.3) is 6.08 Å². The summed E-state index contributed by atoms with van der Waals surface area (Å²) in [6.07, 6.45) is 3.36. The summed E-state index contributed by atoms with van der Waals surface area (Å²) in [6.45, 7) is 5.46. The first-order valence-corrected chi connectivity index (χ1v) is 11.6. The molecule has 4 rings (SSSR count). The molecule has 3 heterocycles. The highest BCUT2D eigenvalue weighted by atomic mass is 79.9. The Labute approximate surface area is 189 Å². The molecule has 1 atom stereocenters. The number of thiazole rings is 1. The number of hydrogen-bond donors (Lipinski definition) is 0. The molecule has 1 aliphatic heterocycles. The molecule has 3 aromatic rings. The first-order chi connectivity index (χ1) is 14.5. The third kappa shape index (κ3) is 3.90. The Morgan fingerprint density at radius 3 is 2.77 bits per heavy atom. The maximum Gasteiger partial charge on any atom is 0.338 e. The van der Waals surface area contributed by atoms with Gasteiger partial charge in [0.15, 0.2) is 4.80 Å². The van der Waals surface area contributed by atoms with Crippen LogP contribution in [0, 0.1) is 0 Å². The van der Waals surface area contributed by atoms with Gasteiger partial charge in [-0.25, -0.2) is 9.79 Å². The highest BCUT2D eigenvalue weighted by molar-refractivity contribution is 9.10. The molecule has 0 saturated heterocycles. The van der Waals surface area contributed by atoms with E-state index >= 15 is 0 Å². The van der Waals surface area contributed by atoms with Gasteiger partial charge in [0.2, 0.25) is 0 Å². The minimum atomic E-state index is -0.564. The van der Waals surface area contributed by atoms with E-state index in [1.807, 2.05) is 47.9 Å². The highest BCUT2D eigenvalue weighted by Crippen LogP contribution is 2.33. The van der Waals surface area contributed by atoms with E-state index in [9.17, 15) is 9.59 Å². The summed E-state index contributed by atoms with van der Waals surface area (Å²) >= 11 is 6.23. The van der Waals surface area contributed by atoms with Crippen LogP contribution in [0.15, 0.2) is 80.0 Å². The lowest BCUT2D eigenvalue weighted by Gasteiger charge is -2.23. The fraction of sp³-hybridized carbons (Fsp3) is 0.136. The third-order valence-corrected chi connectivity index (χ3v) is 6.99. The van der Waals surface area contributed by atoms with E-state index in [1.54, 1.807) is 11.5 Å². The van der Waals surface area contributed by atoms with Gasteiger partial charge in [-0.15, -0.1) is 11.3 Å². The molecule has 1 aliphatic rings. The zero-order chi connectivity index (χ0) is 21.3. The predicted octanol–water partition coefficient (Wildman–Crippen LogP) is 3.79. The van der Waals surface area contributed by atoms with Crippen molar-refractivity contribution in [1.29, 1.82) is 0 Å². The molecule has 2 aromatic heterocycles. The molecule has 152 valence electrons. The lowest BCUT2D eigenvalue weighted by molar-refractivity contribution is -0.138. The normalized spacial score (nSPS) is 16.2. The summed E-state index contributed by atoms with van der Waals surface area (Å²) in [6, 6.07) is 11.0. The molecule has 8 heteroatoms. The van der Waals surface area contributed by atoms with Crippen LogP contribution in [0.5, 0.6) is 0 Å². The van der Waals surface area contributed by atoms with Crippen molar-refractivity contribution >= 4 is 50.6 Å². The molecule has 5 nitrogen and oxygen atoms in total. The van der Waals surface area contributed by atoms with Crippen LogP contribution < -0.4 is 14.9 Å². The van der Waals surface area contributed by atoms with Crippen LogP contribution in [0.3, 0.4) is 0 Å². The minimum absolute atomic E-state index is 0.0980. The first-order valence-electron chi connectivity index (χ1n) is 9.09. The van der Waals surface area contributed by atoms with Gasteiger partial charge in [-0.3, -0.25) is 9.36 Å². The lowest BCUT2D eigenvalue weighted by Crippen LogP contribution is -2.39. The van der Waals surface area contributed by atoms with Crippen LogP contribution in [-0.4, -0.2) is 17.1 Å². The molecule has 1 unspecified atom stereocenters. The van der Waals surface area contributed by atoms with Crippen LogP contribution in [0.2, 0.25) is 0 Å².